The lowest BCUT2D eigenvalue weighted by atomic mass is 10.0. The van der Waals surface area contributed by atoms with Gasteiger partial charge in [0.25, 0.3) is 5.91 Å². The Kier molecular flexibility index (Phi) is 3.75. The summed E-state index contributed by atoms with van der Waals surface area (Å²) in [4.78, 5) is 28.3. The van der Waals surface area contributed by atoms with E-state index in [-0.39, 0.29) is 23.4 Å². The molecule has 1 aromatic rings. The number of aromatic amines is 1. The smallest absolute Gasteiger partial charge is 0.259 e. The molecule has 19 heavy (non-hydrogen) atoms. The number of likely N-dealkylation sites (N-methyl/N-ethyl adjacent to an activating group) is 1. The highest BCUT2D eigenvalue weighted by molar-refractivity contribution is 5.93. The van der Waals surface area contributed by atoms with Crippen molar-refractivity contribution in [3.05, 3.63) is 33.7 Å². The molecule has 5 nitrogen and oxygen atoms in total. The van der Waals surface area contributed by atoms with Crippen molar-refractivity contribution in [1.29, 1.82) is 0 Å². The second-order valence-electron chi connectivity index (χ2n) is 5.49. The number of H-pyrrole nitrogens is 1. The lowest BCUT2D eigenvalue weighted by Crippen LogP contribution is -2.43. The summed E-state index contributed by atoms with van der Waals surface area (Å²) < 4.78 is 0. The number of hydrogen-bond donors (Lipinski definition) is 2. The molecule has 0 spiro atoms. The number of nitrogens with one attached hydrogen (secondary N) is 1. The molecular weight excluding hydrogens is 244 g/mol. The van der Waals surface area contributed by atoms with Crippen LogP contribution in [0.4, 0.5) is 0 Å². The zero-order valence-corrected chi connectivity index (χ0v) is 11.4. The fourth-order valence-corrected chi connectivity index (χ4v) is 2.65. The SMILES string of the molecule is Cc1cc(=O)c(C(=O)N(C)CC2(O)CCCC2)c[nH]1. The molecule has 1 saturated carbocycles. The highest BCUT2D eigenvalue weighted by Gasteiger charge is 2.33. The summed E-state index contributed by atoms with van der Waals surface area (Å²) in [5.41, 5.74) is -0.234. The van der Waals surface area contributed by atoms with E-state index >= 15 is 0 Å². The number of aromatic nitrogens is 1. The number of aliphatic hydroxyl groups is 1. The number of pyridine rings is 1. The Balaban J connectivity index is 2.12. The summed E-state index contributed by atoms with van der Waals surface area (Å²) in [7, 11) is 1.62. The zero-order valence-electron chi connectivity index (χ0n) is 11.4. The van der Waals surface area contributed by atoms with E-state index in [2.05, 4.69) is 4.98 Å². The highest BCUT2D eigenvalue weighted by Crippen LogP contribution is 2.30. The maximum absolute atomic E-state index is 12.2. The summed E-state index contributed by atoms with van der Waals surface area (Å²) in [5, 5.41) is 10.3. The molecule has 1 aromatic heterocycles. The van der Waals surface area contributed by atoms with Gasteiger partial charge in [-0.15, -0.1) is 0 Å². The van der Waals surface area contributed by atoms with Gasteiger partial charge in [0, 0.05) is 31.5 Å². The highest BCUT2D eigenvalue weighted by atomic mass is 16.3. The predicted molar refractivity (Wildman–Crippen MR) is 72.2 cm³/mol. The standard InChI is InChI=1S/C14H20N2O3/c1-10-7-12(17)11(8-15-10)13(18)16(2)9-14(19)5-3-4-6-14/h7-8,19H,3-6,9H2,1-2H3,(H,15,17). The van der Waals surface area contributed by atoms with Gasteiger partial charge in [-0.1, -0.05) is 12.8 Å². The third-order valence-electron chi connectivity index (χ3n) is 3.70. The maximum atomic E-state index is 12.2. The van der Waals surface area contributed by atoms with Gasteiger partial charge in [0.2, 0.25) is 0 Å². The van der Waals surface area contributed by atoms with Crippen LogP contribution in [0.1, 0.15) is 41.7 Å². The van der Waals surface area contributed by atoms with Gasteiger partial charge in [0.1, 0.15) is 5.56 Å². The minimum Gasteiger partial charge on any atom is -0.388 e. The second-order valence-corrected chi connectivity index (χ2v) is 5.49. The first-order valence-corrected chi connectivity index (χ1v) is 6.58. The van der Waals surface area contributed by atoms with Crippen molar-refractivity contribution < 1.29 is 9.90 Å². The fourth-order valence-electron chi connectivity index (χ4n) is 2.65. The Morgan fingerprint density at radius 3 is 2.68 bits per heavy atom. The van der Waals surface area contributed by atoms with E-state index in [9.17, 15) is 14.7 Å². The first kappa shape index (κ1) is 13.8. The van der Waals surface area contributed by atoms with Crippen molar-refractivity contribution in [2.45, 2.75) is 38.2 Å². The number of amides is 1. The molecule has 2 N–H and O–H groups in total. The summed E-state index contributed by atoms with van der Waals surface area (Å²) in [5.74, 6) is -0.346. The van der Waals surface area contributed by atoms with Crippen LogP contribution in [0.5, 0.6) is 0 Å². The zero-order chi connectivity index (χ0) is 14.0. The topological polar surface area (TPSA) is 73.4 Å². The van der Waals surface area contributed by atoms with Crippen LogP contribution in [0.25, 0.3) is 0 Å². The maximum Gasteiger partial charge on any atom is 0.259 e. The average Bonchev–Trinajstić information content (AvgIpc) is 2.75. The van der Waals surface area contributed by atoms with Gasteiger partial charge >= 0.3 is 0 Å². The monoisotopic (exact) mass is 264 g/mol. The fraction of sp³-hybridized carbons (Fsp3) is 0.571. The number of nitrogens with zero attached hydrogens (tertiary/aromatic N) is 1. The van der Waals surface area contributed by atoms with Gasteiger partial charge < -0.3 is 15.0 Å². The van der Waals surface area contributed by atoms with Gasteiger partial charge in [-0.25, -0.2) is 0 Å². The van der Waals surface area contributed by atoms with Crippen LogP contribution in [0, 0.1) is 6.92 Å². The summed E-state index contributed by atoms with van der Waals surface area (Å²) >= 11 is 0. The number of carbonyl (C=O) groups is 1. The lowest BCUT2D eigenvalue weighted by Gasteiger charge is -2.28. The molecule has 1 heterocycles. The van der Waals surface area contributed by atoms with E-state index in [1.165, 1.54) is 17.2 Å². The molecule has 0 bridgehead atoms. The van der Waals surface area contributed by atoms with Crippen molar-refractivity contribution in [1.82, 2.24) is 9.88 Å². The Labute approximate surface area is 112 Å². The van der Waals surface area contributed by atoms with Crippen molar-refractivity contribution in [3.8, 4) is 0 Å². The molecule has 0 aliphatic heterocycles. The number of aryl methyl sites for hydroxylation is 1. The number of carbonyl (C=O) groups excluding carboxylic acids is 1. The molecule has 104 valence electrons. The van der Waals surface area contributed by atoms with Crippen molar-refractivity contribution in [3.63, 3.8) is 0 Å². The third kappa shape index (κ3) is 3.04. The second kappa shape index (κ2) is 5.17. The van der Waals surface area contributed by atoms with E-state index in [0.717, 1.165) is 31.4 Å². The van der Waals surface area contributed by atoms with Crippen LogP contribution >= 0.6 is 0 Å². The van der Waals surface area contributed by atoms with Gasteiger partial charge in [-0.2, -0.15) is 0 Å². The molecular formula is C14H20N2O3. The minimum atomic E-state index is -0.790. The normalized spacial score (nSPS) is 17.4. The van der Waals surface area contributed by atoms with E-state index in [1.54, 1.807) is 14.0 Å². The quantitative estimate of drug-likeness (QED) is 0.857. The summed E-state index contributed by atoms with van der Waals surface area (Å²) in [6.45, 7) is 2.04. The van der Waals surface area contributed by atoms with Gasteiger partial charge in [0.15, 0.2) is 5.43 Å². The molecule has 1 amide bonds. The molecule has 1 fully saturated rings. The minimum absolute atomic E-state index is 0.120. The molecule has 0 aromatic carbocycles. The number of rotatable bonds is 3. The van der Waals surface area contributed by atoms with Crippen LogP contribution < -0.4 is 5.43 Å². The molecule has 0 saturated heterocycles. The summed E-state index contributed by atoms with van der Waals surface area (Å²) in [6.07, 6.45) is 4.85. The molecule has 5 heteroatoms. The van der Waals surface area contributed by atoms with E-state index in [4.69, 9.17) is 0 Å². The Morgan fingerprint density at radius 1 is 1.47 bits per heavy atom. The van der Waals surface area contributed by atoms with Crippen molar-refractivity contribution in [2.75, 3.05) is 13.6 Å². The first-order chi connectivity index (χ1) is 8.91. The largest absolute Gasteiger partial charge is 0.388 e. The summed E-state index contributed by atoms with van der Waals surface area (Å²) in [6, 6.07) is 1.41. The lowest BCUT2D eigenvalue weighted by molar-refractivity contribution is 0.0156. The predicted octanol–water partition coefficient (Wildman–Crippen LogP) is 1.06. The molecule has 0 atom stereocenters. The Morgan fingerprint density at radius 2 is 2.11 bits per heavy atom. The molecule has 0 radical (unpaired) electrons. The average molecular weight is 264 g/mol. The Bertz CT molecular complexity index is 530. The first-order valence-electron chi connectivity index (χ1n) is 6.58. The number of hydrogen-bond acceptors (Lipinski definition) is 3. The van der Waals surface area contributed by atoms with E-state index in [0.29, 0.717) is 0 Å². The van der Waals surface area contributed by atoms with Gasteiger partial charge in [0.05, 0.1) is 5.60 Å². The van der Waals surface area contributed by atoms with Crippen molar-refractivity contribution in [2.24, 2.45) is 0 Å². The van der Waals surface area contributed by atoms with Gasteiger partial charge in [-0.05, 0) is 19.8 Å². The van der Waals surface area contributed by atoms with E-state index in [1.807, 2.05) is 0 Å². The van der Waals surface area contributed by atoms with Crippen molar-refractivity contribution >= 4 is 5.91 Å². The molecule has 0 unspecified atom stereocenters. The molecule has 2 rings (SSSR count). The molecule has 1 aliphatic carbocycles. The van der Waals surface area contributed by atoms with Crippen LogP contribution in [0.3, 0.4) is 0 Å². The van der Waals surface area contributed by atoms with Crippen LogP contribution in [0.15, 0.2) is 17.1 Å². The third-order valence-corrected chi connectivity index (χ3v) is 3.70. The molecule has 1 aliphatic rings. The van der Waals surface area contributed by atoms with Crippen LogP contribution in [-0.4, -0.2) is 40.1 Å². The van der Waals surface area contributed by atoms with Crippen LogP contribution in [0.2, 0.25) is 0 Å². The van der Waals surface area contributed by atoms with E-state index < -0.39 is 5.60 Å². The van der Waals surface area contributed by atoms with Crippen LogP contribution in [-0.2, 0) is 0 Å². The Hall–Kier alpha value is -1.62. The van der Waals surface area contributed by atoms with Gasteiger partial charge in [-0.3, -0.25) is 9.59 Å².